The molecule has 0 aliphatic carbocycles. The largest absolute Gasteiger partial charge is 0.350 e. The zero-order valence-corrected chi connectivity index (χ0v) is 15.6. The Bertz CT molecular complexity index is 425. The maximum atomic E-state index is 12.0. The number of hydrogen-bond acceptors (Lipinski definition) is 3. The van der Waals surface area contributed by atoms with Crippen LogP contribution in [-0.4, -0.2) is 16.7 Å². The maximum absolute atomic E-state index is 12.0. The molecular formula is C14H22Br2N2O2. The average Bonchev–Trinajstić information content (AvgIpc) is 2.28. The minimum atomic E-state index is -0.807. The molecule has 1 rings (SSSR count). The predicted octanol–water partition coefficient (Wildman–Crippen LogP) is 4.17. The number of hydrogen-bond donors (Lipinski definition) is 3. The monoisotopic (exact) mass is 408 g/mol. The van der Waals surface area contributed by atoms with Crippen molar-refractivity contribution in [2.75, 3.05) is 0 Å². The zero-order chi connectivity index (χ0) is 15.9. The van der Waals surface area contributed by atoms with Gasteiger partial charge >= 0.3 is 0 Å². The minimum absolute atomic E-state index is 0.282. The third-order valence-electron chi connectivity index (χ3n) is 2.11. The standard InChI is InChI=1S/C12H16Br2N2O2.C2H6/c1-12(2,3)15-11(17)10(16-18)7-4-8(13)6-9(14)5-7;1-2/h4-6,10,16,18H,1-3H3,(H,15,17);1-2H3. The molecule has 20 heavy (non-hydrogen) atoms. The minimum Gasteiger partial charge on any atom is -0.350 e. The first-order chi connectivity index (χ1) is 9.23. The Morgan fingerprint density at radius 2 is 1.60 bits per heavy atom. The van der Waals surface area contributed by atoms with Gasteiger partial charge < -0.3 is 10.5 Å². The Balaban J connectivity index is 0.00000172. The molecule has 1 amide bonds. The number of halogens is 2. The van der Waals surface area contributed by atoms with E-state index in [1.807, 2.05) is 46.2 Å². The molecule has 1 aromatic rings. The van der Waals surface area contributed by atoms with Gasteiger partial charge in [0.25, 0.3) is 0 Å². The Labute approximate surface area is 137 Å². The maximum Gasteiger partial charge on any atom is 0.244 e. The lowest BCUT2D eigenvalue weighted by Crippen LogP contribution is -2.46. The molecule has 0 bridgehead atoms. The van der Waals surface area contributed by atoms with Crippen molar-refractivity contribution < 1.29 is 10.0 Å². The summed E-state index contributed by atoms with van der Waals surface area (Å²) in [6.45, 7) is 9.66. The third kappa shape index (κ3) is 6.83. The van der Waals surface area contributed by atoms with Gasteiger partial charge in [-0.1, -0.05) is 45.7 Å². The van der Waals surface area contributed by atoms with Gasteiger partial charge in [-0.3, -0.25) is 4.79 Å². The van der Waals surface area contributed by atoms with Crippen molar-refractivity contribution in [1.82, 2.24) is 10.8 Å². The summed E-state index contributed by atoms with van der Waals surface area (Å²) in [6, 6.07) is 4.61. The van der Waals surface area contributed by atoms with Crippen molar-refractivity contribution in [3.05, 3.63) is 32.7 Å². The molecule has 0 aliphatic heterocycles. The highest BCUT2D eigenvalue weighted by molar-refractivity contribution is 9.11. The number of amides is 1. The fourth-order valence-corrected chi connectivity index (χ4v) is 2.80. The van der Waals surface area contributed by atoms with Gasteiger partial charge in [-0.15, -0.1) is 0 Å². The van der Waals surface area contributed by atoms with E-state index in [4.69, 9.17) is 0 Å². The summed E-state index contributed by atoms with van der Waals surface area (Å²) >= 11 is 6.70. The van der Waals surface area contributed by atoms with Crippen LogP contribution in [0.1, 0.15) is 46.2 Å². The van der Waals surface area contributed by atoms with Gasteiger partial charge in [0, 0.05) is 14.5 Å². The molecule has 0 radical (unpaired) electrons. The van der Waals surface area contributed by atoms with Gasteiger partial charge in [-0.05, 0) is 44.5 Å². The van der Waals surface area contributed by atoms with E-state index >= 15 is 0 Å². The number of hydroxylamine groups is 1. The van der Waals surface area contributed by atoms with Crippen molar-refractivity contribution in [2.45, 2.75) is 46.2 Å². The van der Waals surface area contributed by atoms with E-state index < -0.39 is 6.04 Å². The number of rotatable bonds is 3. The van der Waals surface area contributed by atoms with Gasteiger partial charge in [0.2, 0.25) is 5.91 Å². The first kappa shape index (κ1) is 19.6. The summed E-state index contributed by atoms with van der Waals surface area (Å²) < 4.78 is 1.66. The first-order valence-electron chi connectivity index (χ1n) is 6.40. The highest BCUT2D eigenvalue weighted by Gasteiger charge is 2.24. The van der Waals surface area contributed by atoms with E-state index in [2.05, 4.69) is 37.2 Å². The van der Waals surface area contributed by atoms with E-state index in [0.29, 0.717) is 5.56 Å². The molecular weight excluding hydrogens is 388 g/mol. The molecule has 1 atom stereocenters. The highest BCUT2D eigenvalue weighted by Crippen LogP contribution is 2.24. The summed E-state index contributed by atoms with van der Waals surface area (Å²) in [6.07, 6.45) is 0. The highest BCUT2D eigenvalue weighted by atomic mass is 79.9. The smallest absolute Gasteiger partial charge is 0.244 e. The van der Waals surface area contributed by atoms with Crippen molar-refractivity contribution in [3.8, 4) is 0 Å². The Hall–Kier alpha value is -0.430. The lowest BCUT2D eigenvalue weighted by molar-refractivity contribution is -0.127. The van der Waals surface area contributed by atoms with E-state index in [0.717, 1.165) is 8.95 Å². The van der Waals surface area contributed by atoms with Crippen LogP contribution in [0.15, 0.2) is 27.1 Å². The van der Waals surface area contributed by atoms with Crippen molar-refractivity contribution in [2.24, 2.45) is 0 Å². The summed E-state index contributed by atoms with van der Waals surface area (Å²) in [5, 5.41) is 12.0. The Morgan fingerprint density at radius 3 is 1.95 bits per heavy atom. The summed E-state index contributed by atoms with van der Waals surface area (Å²) in [7, 11) is 0. The van der Waals surface area contributed by atoms with Gasteiger partial charge in [0.05, 0.1) is 0 Å². The summed E-state index contributed by atoms with van der Waals surface area (Å²) in [5.41, 5.74) is 2.36. The molecule has 4 nitrogen and oxygen atoms in total. The number of carbonyl (C=O) groups is 1. The van der Waals surface area contributed by atoms with E-state index in [1.54, 1.807) is 12.1 Å². The average molecular weight is 410 g/mol. The topological polar surface area (TPSA) is 61.4 Å². The molecule has 0 saturated carbocycles. The van der Waals surface area contributed by atoms with E-state index in [9.17, 15) is 10.0 Å². The summed E-state index contributed by atoms with van der Waals surface area (Å²) in [4.78, 5) is 12.0. The lowest BCUT2D eigenvalue weighted by atomic mass is 10.0. The van der Waals surface area contributed by atoms with Gasteiger partial charge in [-0.2, -0.15) is 5.48 Å². The fourth-order valence-electron chi connectivity index (χ4n) is 1.47. The van der Waals surface area contributed by atoms with Crippen LogP contribution >= 0.6 is 31.9 Å². The summed E-state index contributed by atoms with van der Waals surface area (Å²) in [5.74, 6) is -0.282. The Morgan fingerprint density at radius 1 is 1.15 bits per heavy atom. The molecule has 1 unspecified atom stereocenters. The molecule has 3 N–H and O–H groups in total. The fraction of sp³-hybridized carbons (Fsp3) is 0.500. The number of carbonyl (C=O) groups excluding carboxylic acids is 1. The van der Waals surface area contributed by atoms with Crippen molar-refractivity contribution in [1.29, 1.82) is 0 Å². The number of benzene rings is 1. The molecule has 6 heteroatoms. The van der Waals surface area contributed by atoms with Gasteiger partial charge in [-0.25, -0.2) is 0 Å². The van der Waals surface area contributed by atoms with Gasteiger partial charge in [0.15, 0.2) is 0 Å². The van der Waals surface area contributed by atoms with Crippen LogP contribution in [-0.2, 0) is 4.79 Å². The molecule has 0 heterocycles. The molecule has 1 aromatic carbocycles. The van der Waals surface area contributed by atoms with E-state index in [-0.39, 0.29) is 11.4 Å². The van der Waals surface area contributed by atoms with Crippen molar-refractivity contribution >= 4 is 37.8 Å². The Kier molecular flexibility index (Phi) is 8.58. The van der Waals surface area contributed by atoms with Crippen LogP contribution in [0.3, 0.4) is 0 Å². The molecule has 0 fully saturated rings. The first-order valence-corrected chi connectivity index (χ1v) is 7.99. The van der Waals surface area contributed by atoms with Crippen LogP contribution in [0.5, 0.6) is 0 Å². The number of nitrogens with one attached hydrogen (secondary N) is 2. The normalized spacial score (nSPS) is 12.2. The zero-order valence-electron chi connectivity index (χ0n) is 12.4. The van der Waals surface area contributed by atoms with E-state index in [1.165, 1.54) is 0 Å². The molecule has 0 aliphatic rings. The van der Waals surface area contributed by atoms with Crippen LogP contribution in [0.4, 0.5) is 0 Å². The molecule has 0 saturated heterocycles. The SMILES string of the molecule is CC.CC(C)(C)NC(=O)C(NO)c1cc(Br)cc(Br)c1. The predicted molar refractivity (Wildman–Crippen MR) is 88.7 cm³/mol. The van der Waals surface area contributed by atoms with Crippen LogP contribution in [0.25, 0.3) is 0 Å². The van der Waals surface area contributed by atoms with Crippen LogP contribution in [0.2, 0.25) is 0 Å². The third-order valence-corrected chi connectivity index (χ3v) is 3.02. The molecule has 0 spiro atoms. The second-order valence-electron chi connectivity index (χ2n) is 5.00. The molecule has 114 valence electrons. The van der Waals surface area contributed by atoms with Crippen LogP contribution < -0.4 is 10.8 Å². The van der Waals surface area contributed by atoms with Crippen LogP contribution in [0, 0.1) is 0 Å². The quantitative estimate of drug-likeness (QED) is 0.656. The lowest BCUT2D eigenvalue weighted by Gasteiger charge is -2.24. The second-order valence-corrected chi connectivity index (χ2v) is 6.84. The van der Waals surface area contributed by atoms with Crippen molar-refractivity contribution in [3.63, 3.8) is 0 Å². The second kappa shape index (κ2) is 8.77. The van der Waals surface area contributed by atoms with Gasteiger partial charge in [0.1, 0.15) is 6.04 Å². The molecule has 0 aromatic heterocycles.